The van der Waals surface area contributed by atoms with Gasteiger partial charge in [-0.25, -0.2) is 4.39 Å². The van der Waals surface area contributed by atoms with E-state index in [0.717, 1.165) is 39.5 Å². The third-order valence-electron chi connectivity index (χ3n) is 4.81. The first-order valence-corrected chi connectivity index (χ1v) is 9.04. The molecule has 0 radical (unpaired) electrons. The van der Waals surface area contributed by atoms with E-state index in [0.29, 0.717) is 25.0 Å². The number of aliphatic carboxylic acids is 1. The summed E-state index contributed by atoms with van der Waals surface area (Å²) in [4.78, 5) is 14.6. The minimum absolute atomic E-state index is 0.120. The lowest BCUT2D eigenvalue weighted by molar-refractivity contribution is -0.149. The highest BCUT2D eigenvalue weighted by molar-refractivity contribution is 9.10. The highest BCUT2D eigenvalue weighted by atomic mass is 79.9. The minimum Gasteiger partial charge on any atom is -0.481 e. The van der Waals surface area contributed by atoms with E-state index in [1.54, 1.807) is 0 Å². The Morgan fingerprint density at radius 3 is 2.96 bits per heavy atom. The summed E-state index contributed by atoms with van der Waals surface area (Å²) in [7, 11) is 0. The average Bonchev–Trinajstić information content (AvgIpc) is 2.92. The number of rotatable bonds is 5. The largest absolute Gasteiger partial charge is 0.481 e. The zero-order chi connectivity index (χ0) is 17.5. The lowest BCUT2D eigenvalue weighted by atomic mass is 9.84. The molecule has 24 heavy (non-hydrogen) atoms. The van der Waals surface area contributed by atoms with E-state index in [4.69, 9.17) is 4.74 Å². The van der Waals surface area contributed by atoms with Gasteiger partial charge in [0.1, 0.15) is 11.4 Å². The molecule has 1 aromatic carbocycles. The van der Waals surface area contributed by atoms with Gasteiger partial charge in [-0.05, 0) is 52.9 Å². The number of carboxylic acids is 1. The first-order valence-electron chi connectivity index (χ1n) is 8.25. The van der Waals surface area contributed by atoms with Gasteiger partial charge in [-0.1, -0.05) is 19.8 Å². The van der Waals surface area contributed by atoms with Crippen LogP contribution >= 0.6 is 15.9 Å². The molecule has 2 heterocycles. The van der Waals surface area contributed by atoms with Gasteiger partial charge >= 0.3 is 5.97 Å². The summed E-state index contributed by atoms with van der Waals surface area (Å²) in [5.41, 5.74) is 2.04. The Hall–Kier alpha value is -1.40. The number of halogens is 2. The topological polar surface area (TPSA) is 62.3 Å². The minimum atomic E-state index is -0.909. The molecule has 0 saturated carbocycles. The summed E-state index contributed by atoms with van der Waals surface area (Å²) in [6, 6.07) is 1.49. The molecule has 1 aromatic heterocycles. The summed E-state index contributed by atoms with van der Waals surface area (Å²) < 4.78 is 21.3. The number of hydrogen-bond acceptors (Lipinski definition) is 2. The van der Waals surface area contributed by atoms with Gasteiger partial charge < -0.3 is 14.8 Å². The highest BCUT2D eigenvalue weighted by Crippen LogP contribution is 2.45. The molecule has 2 aromatic rings. The van der Waals surface area contributed by atoms with Gasteiger partial charge in [0.15, 0.2) is 0 Å². The molecule has 0 bridgehead atoms. The number of aromatic amines is 1. The highest BCUT2D eigenvalue weighted by Gasteiger charge is 2.42. The molecule has 3 rings (SSSR count). The van der Waals surface area contributed by atoms with Gasteiger partial charge in [-0.15, -0.1) is 0 Å². The SMILES string of the molecule is CCCCC1(CC(=O)O)OCCc2c1[nH]c1c(F)cc(C)c(Br)c21. The van der Waals surface area contributed by atoms with Gasteiger partial charge in [0.25, 0.3) is 0 Å². The number of fused-ring (bicyclic) bond motifs is 3. The van der Waals surface area contributed by atoms with Crippen LogP contribution in [0.3, 0.4) is 0 Å². The molecule has 130 valence electrons. The quantitative estimate of drug-likeness (QED) is 0.760. The fourth-order valence-electron chi connectivity index (χ4n) is 3.67. The lowest BCUT2D eigenvalue weighted by Gasteiger charge is -2.36. The fourth-order valence-corrected chi connectivity index (χ4v) is 4.23. The van der Waals surface area contributed by atoms with Crippen molar-refractivity contribution in [1.29, 1.82) is 0 Å². The van der Waals surface area contributed by atoms with E-state index in [2.05, 4.69) is 27.8 Å². The first-order chi connectivity index (χ1) is 11.4. The van der Waals surface area contributed by atoms with E-state index >= 15 is 0 Å². The Morgan fingerprint density at radius 2 is 2.29 bits per heavy atom. The number of carboxylic acid groups (broad SMARTS) is 1. The van der Waals surface area contributed by atoms with Crippen LogP contribution in [0.15, 0.2) is 10.5 Å². The second kappa shape index (κ2) is 6.48. The number of nitrogens with one attached hydrogen (secondary N) is 1. The van der Waals surface area contributed by atoms with E-state index in [1.165, 1.54) is 6.07 Å². The number of hydrogen-bond donors (Lipinski definition) is 2. The van der Waals surface area contributed by atoms with Crippen molar-refractivity contribution >= 4 is 32.8 Å². The molecular weight excluding hydrogens is 377 g/mol. The maximum Gasteiger partial charge on any atom is 0.306 e. The Labute approximate surface area is 148 Å². The molecule has 6 heteroatoms. The van der Waals surface area contributed by atoms with E-state index in [-0.39, 0.29) is 12.2 Å². The normalized spacial score (nSPS) is 20.3. The number of aryl methyl sites for hydroxylation is 1. The van der Waals surface area contributed by atoms with Crippen molar-refractivity contribution in [1.82, 2.24) is 4.98 Å². The molecule has 0 saturated heterocycles. The smallest absolute Gasteiger partial charge is 0.306 e. The molecular formula is C18H21BrFNO3. The summed E-state index contributed by atoms with van der Waals surface area (Å²) in [5, 5.41) is 10.2. The van der Waals surface area contributed by atoms with Crippen LogP contribution in [0.4, 0.5) is 4.39 Å². The second-order valence-electron chi connectivity index (χ2n) is 6.48. The van der Waals surface area contributed by atoms with Crippen molar-refractivity contribution in [2.24, 2.45) is 0 Å². The van der Waals surface area contributed by atoms with Gasteiger partial charge in [-0.3, -0.25) is 4.79 Å². The van der Waals surface area contributed by atoms with Crippen molar-refractivity contribution < 1.29 is 19.0 Å². The number of carbonyl (C=O) groups is 1. The Kier molecular flexibility index (Phi) is 4.71. The number of benzene rings is 1. The monoisotopic (exact) mass is 397 g/mol. The fraction of sp³-hybridized carbons (Fsp3) is 0.500. The van der Waals surface area contributed by atoms with E-state index < -0.39 is 11.6 Å². The van der Waals surface area contributed by atoms with Crippen LogP contribution in [0, 0.1) is 12.7 Å². The van der Waals surface area contributed by atoms with Crippen LogP contribution in [0.25, 0.3) is 10.9 Å². The molecule has 1 aliphatic rings. The Balaban J connectivity index is 2.25. The lowest BCUT2D eigenvalue weighted by Crippen LogP contribution is -2.38. The van der Waals surface area contributed by atoms with Crippen LogP contribution < -0.4 is 0 Å². The Bertz CT molecular complexity index is 801. The summed E-state index contributed by atoms with van der Waals surface area (Å²) >= 11 is 3.57. The van der Waals surface area contributed by atoms with Crippen molar-refractivity contribution in [3.8, 4) is 0 Å². The predicted octanol–water partition coefficient (Wildman–Crippen LogP) is 4.81. The summed E-state index contributed by atoms with van der Waals surface area (Å²) in [6.07, 6.45) is 2.92. The van der Waals surface area contributed by atoms with Gasteiger partial charge in [0.05, 0.1) is 24.2 Å². The van der Waals surface area contributed by atoms with E-state index in [1.807, 2.05) is 6.92 Å². The molecule has 1 aliphatic heterocycles. The third-order valence-corrected chi connectivity index (χ3v) is 5.83. The molecule has 0 fully saturated rings. The molecule has 0 amide bonds. The number of H-pyrrole nitrogens is 1. The van der Waals surface area contributed by atoms with Gasteiger partial charge in [-0.2, -0.15) is 0 Å². The molecule has 1 unspecified atom stereocenters. The zero-order valence-electron chi connectivity index (χ0n) is 13.8. The van der Waals surface area contributed by atoms with Gasteiger partial charge in [0, 0.05) is 9.86 Å². The van der Waals surface area contributed by atoms with Crippen LogP contribution in [-0.4, -0.2) is 22.7 Å². The van der Waals surface area contributed by atoms with Crippen LogP contribution in [-0.2, 0) is 21.6 Å². The average molecular weight is 398 g/mol. The molecule has 0 aliphatic carbocycles. The van der Waals surface area contributed by atoms with Crippen molar-refractivity contribution in [3.63, 3.8) is 0 Å². The second-order valence-corrected chi connectivity index (χ2v) is 7.28. The summed E-state index contributed by atoms with van der Waals surface area (Å²) in [5.74, 6) is -1.23. The molecule has 4 nitrogen and oxygen atoms in total. The van der Waals surface area contributed by atoms with Crippen molar-refractivity contribution in [2.45, 2.75) is 51.6 Å². The zero-order valence-corrected chi connectivity index (χ0v) is 15.4. The Morgan fingerprint density at radius 1 is 1.54 bits per heavy atom. The molecule has 1 atom stereocenters. The summed E-state index contributed by atoms with van der Waals surface area (Å²) in [6.45, 7) is 4.36. The standard InChI is InChI=1S/C18H21BrFNO3/c1-3-4-6-18(9-13(22)23)17-11(5-7-24-18)14-15(19)10(2)8-12(20)16(14)21-17/h8,21H,3-7,9H2,1-2H3,(H,22,23). The van der Waals surface area contributed by atoms with Gasteiger partial charge in [0.2, 0.25) is 0 Å². The van der Waals surface area contributed by atoms with Crippen molar-refractivity contribution in [3.05, 3.63) is 33.2 Å². The number of unbranched alkanes of at least 4 members (excludes halogenated alkanes) is 1. The number of ether oxygens (including phenoxy) is 1. The van der Waals surface area contributed by atoms with E-state index in [9.17, 15) is 14.3 Å². The molecule has 0 spiro atoms. The van der Waals surface area contributed by atoms with Crippen LogP contribution in [0.5, 0.6) is 0 Å². The molecule has 2 N–H and O–H groups in total. The first kappa shape index (κ1) is 17.4. The predicted molar refractivity (Wildman–Crippen MR) is 93.8 cm³/mol. The van der Waals surface area contributed by atoms with Crippen LogP contribution in [0.1, 0.15) is 49.4 Å². The van der Waals surface area contributed by atoms with Crippen LogP contribution in [0.2, 0.25) is 0 Å². The number of aromatic nitrogens is 1. The maximum absolute atomic E-state index is 14.5. The third kappa shape index (κ3) is 2.75. The van der Waals surface area contributed by atoms with Crippen molar-refractivity contribution in [2.75, 3.05) is 6.61 Å². The maximum atomic E-state index is 14.5.